The Morgan fingerprint density at radius 2 is 1.98 bits per heavy atom. The van der Waals surface area contributed by atoms with Gasteiger partial charge in [0.1, 0.15) is 18.5 Å². The first-order chi connectivity index (χ1) is 19.4. The SMILES string of the molecule is CC(C)N1CCn2c(c([C@H]3CCCC[C@@H]3F)c3ccc(C(=O)O)cc32)-c2ccc(OCc3cccnc3)cc2C1. The number of aromatic nitrogens is 2. The van der Waals surface area contributed by atoms with E-state index in [2.05, 4.69) is 40.4 Å². The van der Waals surface area contributed by atoms with Crippen LogP contribution < -0.4 is 4.74 Å². The van der Waals surface area contributed by atoms with Gasteiger partial charge in [-0.25, -0.2) is 9.18 Å². The molecule has 2 aliphatic rings. The Balaban J connectivity index is 1.53. The van der Waals surface area contributed by atoms with Crippen molar-refractivity contribution in [1.29, 1.82) is 0 Å². The molecule has 0 unspecified atom stereocenters. The Morgan fingerprint density at radius 3 is 2.73 bits per heavy atom. The van der Waals surface area contributed by atoms with Crippen LogP contribution in [-0.2, 0) is 19.7 Å². The fourth-order valence-electron chi connectivity index (χ4n) is 6.46. The van der Waals surface area contributed by atoms with Gasteiger partial charge in [-0.15, -0.1) is 0 Å². The predicted octanol–water partition coefficient (Wildman–Crippen LogP) is 7.20. The number of hydrogen-bond acceptors (Lipinski definition) is 4. The third-order valence-corrected chi connectivity index (χ3v) is 8.58. The Morgan fingerprint density at radius 1 is 1.12 bits per heavy atom. The third kappa shape index (κ3) is 4.99. The number of nitrogens with zero attached hydrogens (tertiary/aromatic N) is 3. The maximum Gasteiger partial charge on any atom is 0.335 e. The standard InChI is InChI=1S/C33H36FN3O3/c1-21(2)36-14-15-37-30-17-23(33(38)39)9-11-28(30)31(27-7-3-4-8-29(27)34)32(37)26-12-10-25(16-24(26)19-36)40-20-22-6-5-13-35-18-22/h5-6,9-13,16-18,21,27,29H,3-4,7-8,14-15,19-20H2,1-2H3,(H,38,39)/t27-,29-/m0/s1. The van der Waals surface area contributed by atoms with Crippen molar-refractivity contribution in [2.75, 3.05) is 6.54 Å². The monoisotopic (exact) mass is 541 g/mol. The first-order valence-corrected chi connectivity index (χ1v) is 14.3. The summed E-state index contributed by atoms with van der Waals surface area (Å²) in [5.74, 6) is -0.381. The molecule has 4 aromatic rings. The number of fused-ring (bicyclic) bond motifs is 5. The van der Waals surface area contributed by atoms with Gasteiger partial charge < -0.3 is 14.4 Å². The summed E-state index contributed by atoms with van der Waals surface area (Å²) in [4.78, 5) is 18.6. The molecule has 1 N–H and O–H groups in total. The van der Waals surface area contributed by atoms with Crippen molar-refractivity contribution >= 4 is 16.9 Å². The molecule has 0 radical (unpaired) electrons. The highest BCUT2D eigenvalue weighted by molar-refractivity contribution is 5.98. The summed E-state index contributed by atoms with van der Waals surface area (Å²) >= 11 is 0. The van der Waals surface area contributed by atoms with Crippen LogP contribution in [0.5, 0.6) is 5.75 Å². The lowest BCUT2D eigenvalue weighted by Gasteiger charge is -2.32. The molecule has 1 saturated carbocycles. The van der Waals surface area contributed by atoms with Crippen molar-refractivity contribution in [3.63, 3.8) is 0 Å². The minimum Gasteiger partial charge on any atom is -0.489 e. The molecule has 6 rings (SSSR count). The number of halogens is 1. The lowest BCUT2D eigenvalue weighted by Crippen LogP contribution is -2.35. The zero-order valence-electron chi connectivity index (χ0n) is 23.1. The molecule has 0 bridgehead atoms. The molecule has 3 heterocycles. The molecule has 2 aromatic carbocycles. The van der Waals surface area contributed by atoms with Crippen LogP contribution in [0, 0.1) is 0 Å². The van der Waals surface area contributed by atoms with Crippen LogP contribution in [-0.4, -0.2) is 44.3 Å². The number of hydrogen-bond donors (Lipinski definition) is 1. The molecular weight excluding hydrogens is 505 g/mol. The summed E-state index contributed by atoms with van der Waals surface area (Å²) in [6.07, 6.45) is 5.92. The van der Waals surface area contributed by atoms with E-state index in [1.54, 1.807) is 18.3 Å². The van der Waals surface area contributed by atoms with E-state index in [9.17, 15) is 9.90 Å². The summed E-state index contributed by atoms with van der Waals surface area (Å²) in [5.41, 5.74) is 6.39. The van der Waals surface area contributed by atoms with Gasteiger partial charge in [0, 0.05) is 66.0 Å². The second-order valence-electron chi connectivity index (χ2n) is 11.4. The Kier molecular flexibility index (Phi) is 7.32. The topological polar surface area (TPSA) is 67.6 Å². The van der Waals surface area contributed by atoms with Gasteiger partial charge in [-0.2, -0.15) is 0 Å². The molecule has 40 heavy (non-hydrogen) atoms. The average molecular weight is 542 g/mol. The smallest absolute Gasteiger partial charge is 0.335 e. The van der Waals surface area contributed by atoms with E-state index in [1.807, 2.05) is 30.5 Å². The van der Waals surface area contributed by atoms with Gasteiger partial charge in [0.05, 0.1) is 11.3 Å². The maximum absolute atomic E-state index is 15.6. The minimum absolute atomic E-state index is 0.210. The number of carboxylic acids is 1. The number of carboxylic acid groups (broad SMARTS) is 1. The lowest BCUT2D eigenvalue weighted by atomic mass is 9.80. The molecule has 208 valence electrons. The molecule has 1 aliphatic heterocycles. The molecule has 0 spiro atoms. The predicted molar refractivity (Wildman–Crippen MR) is 155 cm³/mol. The number of aromatic carboxylic acids is 1. The molecule has 0 amide bonds. The summed E-state index contributed by atoms with van der Waals surface area (Å²) in [6.45, 7) is 7.08. The van der Waals surface area contributed by atoms with Crippen molar-refractivity contribution in [1.82, 2.24) is 14.5 Å². The summed E-state index contributed by atoms with van der Waals surface area (Å²) in [7, 11) is 0. The van der Waals surface area contributed by atoms with Crippen LogP contribution >= 0.6 is 0 Å². The maximum atomic E-state index is 15.6. The molecular formula is C33H36FN3O3. The van der Waals surface area contributed by atoms with E-state index in [4.69, 9.17) is 4.74 Å². The van der Waals surface area contributed by atoms with E-state index in [0.29, 0.717) is 25.6 Å². The highest BCUT2D eigenvalue weighted by atomic mass is 19.1. The normalized spacial score (nSPS) is 19.6. The van der Waals surface area contributed by atoms with E-state index in [0.717, 1.165) is 77.0 Å². The Hall–Kier alpha value is -3.71. The lowest BCUT2D eigenvalue weighted by molar-refractivity contribution is 0.0697. The van der Waals surface area contributed by atoms with Crippen LogP contribution in [0.1, 0.15) is 72.5 Å². The number of ether oxygens (including phenoxy) is 1. The molecule has 0 saturated heterocycles. The molecule has 2 atom stereocenters. The minimum atomic E-state index is -0.953. The van der Waals surface area contributed by atoms with E-state index in [-0.39, 0.29) is 11.5 Å². The van der Waals surface area contributed by atoms with Crippen molar-refractivity contribution in [3.05, 3.63) is 83.2 Å². The fraction of sp³-hybridized carbons (Fsp3) is 0.394. The zero-order chi connectivity index (χ0) is 27.8. The second-order valence-corrected chi connectivity index (χ2v) is 11.4. The largest absolute Gasteiger partial charge is 0.489 e. The highest BCUT2D eigenvalue weighted by Gasteiger charge is 2.34. The van der Waals surface area contributed by atoms with Gasteiger partial charge in [0.2, 0.25) is 0 Å². The quantitative estimate of drug-likeness (QED) is 0.280. The highest BCUT2D eigenvalue weighted by Crippen LogP contribution is 2.47. The fourth-order valence-corrected chi connectivity index (χ4v) is 6.46. The summed E-state index contributed by atoms with van der Waals surface area (Å²) < 4.78 is 24.1. The van der Waals surface area contributed by atoms with Gasteiger partial charge in [-0.05, 0) is 74.2 Å². The van der Waals surface area contributed by atoms with Gasteiger partial charge in [0.15, 0.2) is 0 Å². The molecule has 7 heteroatoms. The van der Waals surface area contributed by atoms with Crippen LogP contribution in [0.4, 0.5) is 4.39 Å². The van der Waals surface area contributed by atoms with E-state index >= 15 is 4.39 Å². The summed E-state index contributed by atoms with van der Waals surface area (Å²) in [6, 6.07) is 15.8. The van der Waals surface area contributed by atoms with Gasteiger partial charge in [-0.1, -0.05) is 25.0 Å². The molecule has 1 aliphatic carbocycles. The van der Waals surface area contributed by atoms with Crippen LogP contribution in [0.25, 0.3) is 22.2 Å². The molecule has 2 aromatic heterocycles. The van der Waals surface area contributed by atoms with Crippen LogP contribution in [0.15, 0.2) is 60.9 Å². The van der Waals surface area contributed by atoms with Crippen molar-refractivity contribution in [2.45, 2.75) is 77.4 Å². The number of alkyl halides is 1. The first-order valence-electron chi connectivity index (χ1n) is 14.3. The van der Waals surface area contributed by atoms with E-state index in [1.165, 1.54) is 0 Å². The summed E-state index contributed by atoms with van der Waals surface area (Å²) in [5, 5.41) is 10.8. The number of carbonyl (C=O) groups is 1. The average Bonchev–Trinajstić information content (AvgIpc) is 3.26. The van der Waals surface area contributed by atoms with E-state index < -0.39 is 12.1 Å². The van der Waals surface area contributed by atoms with Crippen LogP contribution in [0.2, 0.25) is 0 Å². The molecule has 6 nitrogen and oxygen atoms in total. The van der Waals surface area contributed by atoms with Crippen molar-refractivity contribution < 1.29 is 19.0 Å². The number of pyridine rings is 1. The third-order valence-electron chi connectivity index (χ3n) is 8.58. The van der Waals surface area contributed by atoms with Gasteiger partial charge >= 0.3 is 5.97 Å². The second kappa shape index (κ2) is 11.0. The zero-order valence-corrected chi connectivity index (χ0v) is 23.1. The Bertz CT molecular complexity index is 1530. The first kappa shape index (κ1) is 26.5. The van der Waals surface area contributed by atoms with Crippen molar-refractivity contribution in [3.8, 4) is 17.0 Å². The molecule has 1 fully saturated rings. The number of rotatable bonds is 6. The van der Waals surface area contributed by atoms with Crippen LogP contribution in [0.3, 0.4) is 0 Å². The van der Waals surface area contributed by atoms with Gasteiger partial charge in [0.25, 0.3) is 0 Å². The van der Waals surface area contributed by atoms with Gasteiger partial charge in [-0.3, -0.25) is 9.88 Å². The van der Waals surface area contributed by atoms with Crippen molar-refractivity contribution in [2.24, 2.45) is 0 Å². The Labute approximate surface area is 234 Å². The number of benzene rings is 2.